The molecule has 2 unspecified atom stereocenters. The van der Waals surface area contributed by atoms with Crippen molar-refractivity contribution in [1.29, 1.82) is 0 Å². The molecule has 0 heterocycles. The average Bonchev–Trinajstić information content (AvgIpc) is 2.73. The molecule has 2 aliphatic rings. The highest BCUT2D eigenvalue weighted by atomic mass is 32.2. The molecule has 1 aromatic carbocycles. The van der Waals surface area contributed by atoms with Gasteiger partial charge in [-0.25, -0.2) is 0 Å². The van der Waals surface area contributed by atoms with Gasteiger partial charge < -0.3 is 0 Å². The molecule has 4 nitrogen and oxygen atoms in total. The van der Waals surface area contributed by atoms with E-state index in [1.807, 2.05) is 50.3 Å². The molecule has 5 heteroatoms. The first-order valence-corrected chi connectivity index (χ1v) is 9.05. The lowest BCUT2D eigenvalue weighted by Gasteiger charge is -2.34. The Labute approximate surface area is 131 Å². The van der Waals surface area contributed by atoms with Crippen molar-refractivity contribution in [3.8, 4) is 0 Å². The predicted octanol–water partition coefficient (Wildman–Crippen LogP) is 2.96. The van der Waals surface area contributed by atoms with Crippen LogP contribution in [0.1, 0.15) is 32.3 Å². The molecular weight excluding hydrogens is 300 g/mol. The summed E-state index contributed by atoms with van der Waals surface area (Å²) >= 11 is 0. The van der Waals surface area contributed by atoms with E-state index in [1.165, 1.54) is 0 Å². The molecule has 2 fully saturated rings. The summed E-state index contributed by atoms with van der Waals surface area (Å²) in [5.41, 5.74) is 0.189. The van der Waals surface area contributed by atoms with Gasteiger partial charge in [-0.15, -0.1) is 0 Å². The lowest BCUT2D eigenvalue weighted by molar-refractivity contribution is -0.125. The maximum Gasteiger partial charge on any atom is 0.265 e. The fourth-order valence-corrected chi connectivity index (χ4v) is 5.59. The smallest absolute Gasteiger partial charge is 0.265 e. The molecule has 2 bridgehead atoms. The molecule has 0 spiro atoms. The lowest BCUT2D eigenvalue weighted by Crippen LogP contribution is -2.42. The standard InChI is InChI=1S/C17H20O4S/c1-16(2)14-8-9-17(16,11-22(19,20)21)15(18)13(14)10-12-6-4-3-5-7-12/h3-7,10,14H,8-9,11H2,1-2H3,(H,19,20,21)/b13-10-. The second-order valence-electron chi connectivity index (χ2n) is 6.96. The van der Waals surface area contributed by atoms with Crippen molar-refractivity contribution in [1.82, 2.24) is 0 Å². The summed E-state index contributed by atoms with van der Waals surface area (Å²) in [6.45, 7) is 3.89. The molecule has 0 aliphatic heterocycles. The molecule has 1 aromatic rings. The van der Waals surface area contributed by atoms with Crippen LogP contribution in [-0.2, 0) is 14.9 Å². The van der Waals surface area contributed by atoms with E-state index in [0.29, 0.717) is 12.0 Å². The minimum Gasteiger partial charge on any atom is -0.294 e. The van der Waals surface area contributed by atoms with Gasteiger partial charge in [0.25, 0.3) is 10.1 Å². The number of Topliss-reactive ketones (excluding diaryl/α,β-unsaturated/α-hetero) is 1. The third-order valence-electron chi connectivity index (χ3n) is 5.59. The Hall–Kier alpha value is -1.46. The second-order valence-corrected chi connectivity index (χ2v) is 8.41. The van der Waals surface area contributed by atoms with Crippen LogP contribution in [0.5, 0.6) is 0 Å². The SMILES string of the molecule is CC1(C)C2CCC1(CS(=O)(=O)O)C(=O)/C2=C\c1ccccc1. The minimum absolute atomic E-state index is 0.0435. The lowest BCUT2D eigenvalue weighted by atomic mass is 9.70. The molecule has 2 atom stereocenters. The topological polar surface area (TPSA) is 71.4 Å². The van der Waals surface area contributed by atoms with Crippen molar-refractivity contribution in [2.24, 2.45) is 16.7 Å². The van der Waals surface area contributed by atoms with Crippen LogP contribution in [0.15, 0.2) is 35.9 Å². The Bertz CT molecular complexity index is 746. The molecule has 2 aliphatic carbocycles. The number of fused-ring (bicyclic) bond motifs is 2. The molecule has 118 valence electrons. The van der Waals surface area contributed by atoms with E-state index in [9.17, 15) is 17.8 Å². The van der Waals surface area contributed by atoms with Gasteiger partial charge in [0.05, 0.1) is 11.2 Å². The number of carbonyl (C=O) groups excluding carboxylic acids is 1. The maximum atomic E-state index is 12.9. The van der Waals surface area contributed by atoms with E-state index in [4.69, 9.17) is 0 Å². The van der Waals surface area contributed by atoms with Crippen LogP contribution in [0.25, 0.3) is 6.08 Å². The number of hydrogen-bond donors (Lipinski definition) is 1. The number of benzene rings is 1. The van der Waals surface area contributed by atoms with Gasteiger partial charge in [0.15, 0.2) is 5.78 Å². The quantitative estimate of drug-likeness (QED) is 0.686. The van der Waals surface area contributed by atoms with Crippen molar-refractivity contribution in [2.75, 3.05) is 5.75 Å². The Kier molecular flexibility index (Phi) is 3.34. The first kappa shape index (κ1) is 15.4. The zero-order chi connectivity index (χ0) is 16.2. The van der Waals surface area contributed by atoms with Crippen LogP contribution >= 0.6 is 0 Å². The maximum absolute atomic E-state index is 12.9. The van der Waals surface area contributed by atoms with Gasteiger partial charge in [-0.2, -0.15) is 8.42 Å². The summed E-state index contributed by atoms with van der Waals surface area (Å²) in [4.78, 5) is 12.9. The summed E-state index contributed by atoms with van der Waals surface area (Å²) in [5.74, 6) is -0.550. The third-order valence-corrected chi connectivity index (χ3v) is 6.44. The average molecular weight is 320 g/mol. The Morgan fingerprint density at radius 1 is 1.27 bits per heavy atom. The number of carbonyl (C=O) groups is 1. The third kappa shape index (κ3) is 2.15. The molecule has 1 N–H and O–H groups in total. The first-order valence-electron chi connectivity index (χ1n) is 7.44. The minimum atomic E-state index is -4.20. The normalized spacial score (nSPS) is 31.9. The van der Waals surface area contributed by atoms with E-state index in [0.717, 1.165) is 12.0 Å². The van der Waals surface area contributed by atoms with Crippen LogP contribution in [0, 0.1) is 16.7 Å². The predicted molar refractivity (Wildman–Crippen MR) is 84.8 cm³/mol. The summed E-state index contributed by atoms with van der Waals surface area (Å²) in [6, 6.07) is 9.57. The molecule has 22 heavy (non-hydrogen) atoms. The molecule has 0 saturated heterocycles. The Morgan fingerprint density at radius 3 is 2.50 bits per heavy atom. The van der Waals surface area contributed by atoms with Gasteiger partial charge in [-0.3, -0.25) is 9.35 Å². The van der Waals surface area contributed by atoms with Crippen LogP contribution in [0.2, 0.25) is 0 Å². The van der Waals surface area contributed by atoms with Crippen LogP contribution in [0.3, 0.4) is 0 Å². The van der Waals surface area contributed by atoms with E-state index >= 15 is 0 Å². The molecule has 2 saturated carbocycles. The fourth-order valence-electron chi connectivity index (χ4n) is 4.32. The number of allylic oxidation sites excluding steroid dienone is 1. The van der Waals surface area contributed by atoms with E-state index in [-0.39, 0.29) is 11.7 Å². The molecule has 0 aromatic heterocycles. The van der Waals surface area contributed by atoms with E-state index < -0.39 is 26.7 Å². The van der Waals surface area contributed by atoms with Crippen molar-refractivity contribution >= 4 is 22.0 Å². The highest BCUT2D eigenvalue weighted by Crippen LogP contribution is 2.66. The monoisotopic (exact) mass is 320 g/mol. The first-order chi connectivity index (χ1) is 10.2. The van der Waals surface area contributed by atoms with Gasteiger partial charge in [0.2, 0.25) is 0 Å². The summed E-state index contributed by atoms with van der Waals surface area (Å²) in [6.07, 6.45) is 3.18. The van der Waals surface area contributed by atoms with Crippen molar-refractivity contribution in [3.63, 3.8) is 0 Å². The van der Waals surface area contributed by atoms with E-state index in [2.05, 4.69) is 0 Å². The second kappa shape index (κ2) is 4.77. The number of rotatable bonds is 3. The van der Waals surface area contributed by atoms with Gasteiger partial charge in [-0.1, -0.05) is 44.2 Å². The molecule has 3 rings (SSSR count). The number of hydrogen-bond acceptors (Lipinski definition) is 3. The Balaban J connectivity index is 2.09. The van der Waals surface area contributed by atoms with Gasteiger partial charge >= 0.3 is 0 Å². The van der Waals surface area contributed by atoms with E-state index in [1.54, 1.807) is 0 Å². The summed E-state index contributed by atoms with van der Waals surface area (Å²) in [7, 11) is -4.20. The Morgan fingerprint density at radius 2 is 1.91 bits per heavy atom. The van der Waals surface area contributed by atoms with Gasteiger partial charge in [0.1, 0.15) is 0 Å². The van der Waals surface area contributed by atoms with Crippen LogP contribution in [-0.4, -0.2) is 24.5 Å². The zero-order valence-electron chi connectivity index (χ0n) is 12.7. The van der Waals surface area contributed by atoms with Gasteiger partial charge in [-0.05, 0) is 35.8 Å². The zero-order valence-corrected chi connectivity index (χ0v) is 13.6. The molecule has 0 amide bonds. The number of ketones is 1. The molecular formula is C17H20O4S. The highest BCUT2D eigenvalue weighted by Gasteiger charge is 2.67. The van der Waals surface area contributed by atoms with Crippen molar-refractivity contribution in [3.05, 3.63) is 41.5 Å². The fraction of sp³-hybridized carbons (Fsp3) is 0.471. The molecule has 0 radical (unpaired) electrons. The van der Waals surface area contributed by atoms with Crippen LogP contribution in [0.4, 0.5) is 0 Å². The van der Waals surface area contributed by atoms with Crippen molar-refractivity contribution in [2.45, 2.75) is 26.7 Å². The largest absolute Gasteiger partial charge is 0.294 e. The highest BCUT2D eigenvalue weighted by molar-refractivity contribution is 7.85. The van der Waals surface area contributed by atoms with Crippen molar-refractivity contribution < 1.29 is 17.8 Å². The van der Waals surface area contributed by atoms with Crippen LogP contribution < -0.4 is 0 Å². The summed E-state index contributed by atoms with van der Waals surface area (Å²) in [5, 5.41) is 0. The summed E-state index contributed by atoms with van der Waals surface area (Å²) < 4.78 is 32.2. The van der Waals surface area contributed by atoms with Gasteiger partial charge in [0, 0.05) is 5.57 Å².